The monoisotopic (exact) mass is 203 g/mol. The summed E-state index contributed by atoms with van der Waals surface area (Å²) in [6.07, 6.45) is 5.90. The molecule has 0 aromatic heterocycles. The Kier molecular flexibility index (Phi) is 4.57. The maximum absolute atomic E-state index is 11.3. The van der Waals surface area contributed by atoms with Crippen LogP contribution in [0.25, 0.3) is 0 Å². The van der Waals surface area contributed by atoms with Gasteiger partial charge in [0.05, 0.1) is 0 Å². The molecule has 0 bridgehead atoms. The predicted molar refractivity (Wildman–Crippen MR) is 54.9 cm³/mol. The Labute approximate surface area is 85.0 Å². The van der Waals surface area contributed by atoms with Crippen LogP contribution in [-0.2, 0) is 4.79 Å². The molecule has 0 heterocycles. The third-order valence-corrected chi connectivity index (χ3v) is 2.81. The van der Waals surface area contributed by atoms with Gasteiger partial charge in [0.2, 0.25) is 5.91 Å². The average Bonchev–Trinajstić information content (AvgIpc) is 2.02. The number of rotatable bonds is 5. The van der Waals surface area contributed by atoms with Crippen molar-refractivity contribution < 1.29 is 4.79 Å². The van der Waals surface area contributed by atoms with E-state index in [-0.39, 0.29) is 5.91 Å². The predicted octanol–water partition coefficient (Wildman–Crippen LogP) is 2.45. The number of nitrogens with one attached hydrogen (secondary N) is 1. The number of carbonyl (C=O) groups excluding carboxylic acids is 1. The lowest BCUT2D eigenvalue weighted by Gasteiger charge is -2.31. The number of hydrogen-bond donors (Lipinski definition) is 1. The van der Waals surface area contributed by atoms with Gasteiger partial charge in [-0.05, 0) is 19.3 Å². The van der Waals surface area contributed by atoms with Gasteiger partial charge in [-0.1, -0.05) is 19.8 Å². The standard InChI is InChI=1S/C10H18ClNO/c1-2-3-4-5-10(13)12-9-6-8(11)7-9/h8-9H,2-7H2,1H3,(H,12,13). The second kappa shape index (κ2) is 5.48. The molecule has 1 aliphatic carbocycles. The van der Waals surface area contributed by atoms with E-state index in [0.29, 0.717) is 17.8 Å². The molecule has 1 aliphatic rings. The van der Waals surface area contributed by atoms with Crippen LogP contribution in [0.5, 0.6) is 0 Å². The molecular formula is C10H18ClNO. The van der Waals surface area contributed by atoms with Gasteiger partial charge in [-0.15, -0.1) is 11.6 Å². The van der Waals surface area contributed by atoms with Gasteiger partial charge in [-0.3, -0.25) is 4.79 Å². The zero-order valence-electron chi connectivity index (χ0n) is 8.18. The van der Waals surface area contributed by atoms with Gasteiger partial charge in [0.15, 0.2) is 0 Å². The van der Waals surface area contributed by atoms with Crippen molar-refractivity contribution in [3.63, 3.8) is 0 Å². The van der Waals surface area contributed by atoms with Crippen molar-refractivity contribution in [2.24, 2.45) is 0 Å². The zero-order chi connectivity index (χ0) is 9.68. The van der Waals surface area contributed by atoms with Gasteiger partial charge in [0.25, 0.3) is 0 Å². The SMILES string of the molecule is CCCCCC(=O)NC1CC(Cl)C1. The zero-order valence-corrected chi connectivity index (χ0v) is 8.94. The summed E-state index contributed by atoms with van der Waals surface area (Å²) in [5, 5.41) is 3.27. The van der Waals surface area contributed by atoms with E-state index >= 15 is 0 Å². The second-order valence-corrected chi connectivity index (χ2v) is 4.41. The Morgan fingerprint density at radius 2 is 2.15 bits per heavy atom. The molecule has 1 amide bonds. The van der Waals surface area contributed by atoms with E-state index in [1.54, 1.807) is 0 Å². The minimum atomic E-state index is 0.196. The van der Waals surface area contributed by atoms with Crippen LogP contribution in [0.1, 0.15) is 45.4 Å². The highest BCUT2D eigenvalue weighted by Crippen LogP contribution is 2.25. The van der Waals surface area contributed by atoms with Crippen LogP contribution in [0.3, 0.4) is 0 Å². The maximum Gasteiger partial charge on any atom is 0.220 e. The highest BCUT2D eigenvalue weighted by molar-refractivity contribution is 6.21. The largest absolute Gasteiger partial charge is 0.353 e. The number of hydrogen-bond acceptors (Lipinski definition) is 1. The normalized spacial score (nSPS) is 26.6. The van der Waals surface area contributed by atoms with Crippen LogP contribution in [0.4, 0.5) is 0 Å². The minimum Gasteiger partial charge on any atom is -0.353 e. The molecule has 0 aromatic rings. The first kappa shape index (κ1) is 10.8. The third kappa shape index (κ3) is 3.99. The van der Waals surface area contributed by atoms with Gasteiger partial charge >= 0.3 is 0 Å². The van der Waals surface area contributed by atoms with Crippen molar-refractivity contribution >= 4 is 17.5 Å². The summed E-state index contributed by atoms with van der Waals surface area (Å²) in [6, 6.07) is 0.358. The van der Waals surface area contributed by atoms with Crippen LogP contribution in [-0.4, -0.2) is 17.3 Å². The first-order valence-electron chi connectivity index (χ1n) is 5.15. The lowest BCUT2D eigenvalue weighted by Crippen LogP contribution is -2.44. The fraction of sp³-hybridized carbons (Fsp3) is 0.900. The fourth-order valence-corrected chi connectivity index (χ4v) is 1.93. The summed E-state index contributed by atoms with van der Waals surface area (Å²) in [5.74, 6) is 0.196. The molecule has 1 saturated carbocycles. The fourth-order valence-electron chi connectivity index (χ4n) is 1.50. The summed E-state index contributed by atoms with van der Waals surface area (Å²) in [4.78, 5) is 11.3. The summed E-state index contributed by atoms with van der Waals surface area (Å²) < 4.78 is 0. The van der Waals surface area contributed by atoms with Crippen LogP contribution in [0.2, 0.25) is 0 Å². The molecule has 0 spiro atoms. The van der Waals surface area contributed by atoms with Crippen molar-refractivity contribution in [3.05, 3.63) is 0 Å². The highest BCUT2D eigenvalue weighted by Gasteiger charge is 2.27. The first-order chi connectivity index (χ1) is 6.22. The van der Waals surface area contributed by atoms with Gasteiger partial charge in [0, 0.05) is 17.8 Å². The number of carbonyl (C=O) groups is 1. The van der Waals surface area contributed by atoms with Crippen molar-refractivity contribution in [2.75, 3.05) is 0 Å². The summed E-state index contributed by atoms with van der Waals surface area (Å²) in [5.41, 5.74) is 0. The number of alkyl halides is 1. The van der Waals surface area contributed by atoms with Crippen LogP contribution < -0.4 is 5.32 Å². The molecule has 2 nitrogen and oxygen atoms in total. The smallest absolute Gasteiger partial charge is 0.220 e. The third-order valence-electron chi connectivity index (χ3n) is 2.45. The van der Waals surface area contributed by atoms with E-state index in [1.165, 1.54) is 6.42 Å². The first-order valence-corrected chi connectivity index (χ1v) is 5.59. The highest BCUT2D eigenvalue weighted by atomic mass is 35.5. The molecular weight excluding hydrogens is 186 g/mol. The van der Waals surface area contributed by atoms with Crippen molar-refractivity contribution in [1.29, 1.82) is 0 Å². The Morgan fingerprint density at radius 1 is 1.46 bits per heavy atom. The molecule has 13 heavy (non-hydrogen) atoms. The van der Waals surface area contributed by atoms with Crippen LogP contribution in [0, 0.1) is 0 Å². The summed E-state index contributed by atoms with van der Waals surface area (Å²) >= 11 is 5.80. The Morgan fingerprint density at radius 3 is 2.69 bits per heavy atom. The van der Waals surface area contributed by atoms with E-state index in [2.05, 4.69) is 12.2 Å². The maximum atomic E-state index is 11.3. The lowest BCUT2D eigenvalue weighted by atomic mass is 9.92. The van der Waals surface area contributed by atoms with Crippen molar-refractivity contribution in [1.82, 2.24) is 5.32 Å². The molecule has 0 radical (unpaired) electrons. The van der Waals surface area contributed by atoms with E-state index in [4.69, 9.17) is 11.6 Å². The quantitative estimate of drug-likeness (QED) is 0.540. The van der Waals surface area contributed by atoms with Crippen molar-refractivity contribution in [2.45, 2.75) is 56.9 Å². The van der Waals surface area contributed by atoms with Crippen LogP contribution >= 0.6 is 11.6 Å². The van der Waals surface area contributed by atoms with E-state index in [0.717, 1.165) is 25.7 Å². The number of unbranched alkanes of at least 4 members (excludes halogenated alkanes) is 2. The molecule has 1 fully saturated rings. The van der Waals surface area contributed by atoms with E-state index in [1.807, 2.05) is 0 Å². The summed E-state index contributed by atoms with van der Waals surface area (Å²) in [6.45, 7) is 2.14. The second-order valence-electron chi connectivity index (χ2n) is 3.79. The number of halogens is 1. The van der Waals surface area contributed by atoms with Gasteiger partial charge < -0.3 is 5.32 Å². The Bertz CT molecular complexity index is 166. The van der Waals surface area contributed by atoms with Gasteiger partial charge in [-0.2, -0.15) is 0 Å². The molecule has 1 rings (SSSR count). The Hall–Kier alpha value is -0.240. The lowest BCUT2D eigenvalue weighted by molar-refractivity contribution is -0.122. The summed E-state index contributed by atoms with van der Waals surface area (Å²) in [7, 11) is 0. The molecule has 0 aliphatic heterocycles. The molecule has 0 aromatic carbocycles. The topological polar surface area (TPSA) is 29.1 Å². The number of amides is 1. The molecule has 0 unspecified atom stereocenters. The van der Waals surface area contributed by atoms with Gasteiger partial charge in [0.1, 0.15) is 0 Å². The van der Waals surface area contributed by atoms with Gasteiger partial charge in [-0.25, -0.2) is 0 Å². The molecule has 1 N–H and O–H groups in total. The Balaban J connectivity index is 1.98. The molecule has 0 saturated heterocycles. The molecule has 0 atom stereocenters. The van der Waals surface area contributed by atoms with Crippen molar-refractivity contribution in [3.8, 4) is 0 Å². The van der Waals surface area contributed by atoms with E-state index < -0.39 is 0 Å². The molecule has 76 valence electrons. The molecule has 3 heteroatoms. The van der Waals surface area contributed by atoms with Crippen LogP contribution in [0.15, 0.2) is 0 Å². The average molecular weight is 204 g/mol. The van der Waals surface area contributed by atoms with E-state index in [9.17, 15) is 4.79 Å². The minimum absolute atomic E-state index is 0.196.